The highest BCUT2D eigenvalue weighted by Crippen LogP contribution is 2.27. The lowest BCUT2D eigenvalue weighted by Crippen LogP contribution is -2.31. The van der Waals surface area contributed by atoms with E-state index in [1.807, 2.05) is 35.0 Å². The van der Waals surface area contributed by atoms with Gasteiger partial charge in [0.25, 0.3) is 0 Å². The van der Waals surface area contributed by atoms with E-state index >= 15 is 0 Å². The van der Waals surface area contributed by atoms with Crippen LogP contribution in [0.5, 0.6) is 0 Å². The van der Waals surface area contributed by atoms with Crippen LogP contribution in [0.2, 0.25) is 0 Å². The van der Waals surface area contributed by atoms with Crippen molar-refractivity contribution in [2.75, 3.05) is 13.7 Å². The van der Waals surface area contributed by atoms with Crippen molar-refractivity contribution in [1.29, 1.82) is 0 Å². The number of nitrogens with one attached hydrogen (secondary N) is 1. The summed E-state index contributed by atoms with van der Waals surface area (Å²) in [5.41, 5.74) is 4.93. The van der Waals surface area contributed by atoms with E-state index in [0.29, 0.717) is 13.2 Å². The van der Waals surface area contributed by atoms with Crippen LogP contribution in [0.25, 0.3) is 0 Å². The maximum atomic E-state index is 5.72. The topological polar surface area (TPSA) is 65.1 Å². The van der Waals surface area contributed by atoms with Gasteiger partial charge in [0.2, 0.25) is 0 Å². The Hall–Kier alpha value is -1.21. The van der Waals surface area contributed by atoms with E-state index in [-0.39, 0.29) is 6.04 Å². The van der Waals surface area contributed by atoms with E-state index in [9.17, 15) is 0 Å². The SMILES string of the molecule is COCCn1ncc(Br)c1C(NN)c1ccccc1. The third-order valence-electron chi connectivity index (χ3n) is 2.91. The van der Waals surface area contributed by atoms with Crippen molar-refractivity contribution >= 4 is 15.9 Å². The van der Waals surface area contributed by atoms with Crippen molar-refractivity contribution in [1.82, 2.24) is 15.2 Å². The number of nitrogens with two attached hydrogens (primary N) is 1. The van der Waals surface area contributed by atoms with Crippen LogP contribution in [0.4, 0.5) is 0 Å². The molecule has 2 rings (SSSR count). The summed E-state index contributed by atoms with van der Waals surface area (Å²) >= 11 is 3.53. The first-order valence-electron chi connectivity index (χ1n) is 5.99. The van der Waals surface area contributed by atoms with E-state index in [0.717, 1.165) is 15.7 Å². The van der Waals surface area contributed by atoms with Gasteiger partial charge in [-0.3, -0.25) is 10.5 Å². The average molecular weight is 325 g/mol. The highest BCUT2D eigenvalue weighted by Gasteiger charge is 2.20. The van der Waals surface area contributed by atoms with E-state index in [1.165, 1.54) is 0 Å². The average Bonchev–Trinajstić information content (AvgIpc) is 2.80. The maximum absolute atomic E-state index is 5.72. The number of hydrazine groups is 1. The smallest absolute Gasteiger partial charge is 0.0889 e. The van der Waals surface area contributed by atoms with Crippen LogP contribution < -0.4 is 11.3 Å². The quantitative estimate of drug-likeness (QED) is 0.628. The molecule has 0 fully saturated rings. The number of methoxy groups -OCH3 is 1. The van der Waals surface area contributed by atoms with Crippen LogP contribution in [0.3, 0.4) is 0 Å². The van der Waals surface area contributed by atoms with Crippen molar-refractivity contribution in [3.8, 4) is 0 Å². The lowest BCUT2D eigenvalue weighted by Gasteiger charge is -2.19. The minimum absolute atomic E-state index is 0.116. The summed E-state index contributed by atoms with van der Waals surface area (Å²) in [5.74, 6) is 5.72. The molecule has 6 heteroatoms. The molecular formula is C13H17BrN4O. The molecule has 0 saturated heterocycles. The Kier molecular flexibility index (Phi) is 5.09. The van der Waals surface area contributed by atoms with Crippen LogP contribution in [-0.2, 0) is 11.3 Å². The predicted octanol–water partition coefficient (Wildman–Crippen LogP) is 1.84. The fourth-order valence-corrected chi connectivity index (χ4v) is 2.52. The zero-order valence-corrected chi connectivity index (χ0v) is 12.3. The first kappa shape index (κ1) is 14.2. The molecule has 5 nitrogen and oxygen atoms in total. The highest BCUT2D eigenvalue weighted by molar-refractivity contribution is 9.10. The van der Waals surface area contributed by atoms with Gasteiger partial charge in [0.1, 0.15) is 0 Å². The van der Waals surface area contributed by atoms with Crippen molar-refractivity contribution in [3.05, 3.63) is 52.3 Å². The molecule has 0 saturated carbocycles. The summed E-state index contributed by atoms with van der Waals surface area (Å²) in [7, 11) is 1.67. The molecule has 1 atom stereocenters. The largest absolute Gasteiger partial charge is 0.383 e. The Morgan fingerprint density at radius 1 is 1.42 bits per heavy atom. The third-order valence-corrected chi connectivity index (χ3v) is 3.52. The summed E-state index contributed by atoms with van der Waals surface area (Å²) in [4.78, 5) is 0. The number of hydrogen-bond acceptors (Lipinski definition) is 4. The Bertz CT molecular complexity index is 515. The highest BCUT2D eigenvalue weighted by atomic mass is 79.9. The molecule has 0 amide bonds. The van der Waals surface area contributed by atoms with Gasteiger partial charge in [0.05, 0.1) is 35.6 Å². The summed E-state index contributed by atoms with van der Waals surface area (Å²) in [6.45, 7) is 1.29. The van der Waals surface area contributed by atoms with E-state index in [1.54, 1.807) is 13.3 Å². The first-order chi connectivity index (χ1) is 9.27. The van der Waals surface area contributed by atoms with Gasteiger partial charge < -0.3 is 4.74 Å². The molecule has 2 aromatic rings. The molecule has 19 heavy (non-hydrogen) atoms. The summed E-state index contributed by atoms with van der Waals surface area (Å²) < 4.78 is 7.92. The van der Waals surface area contributed by atoms with Gasteiger partial charge in [-0.15, -0.1) is 0 Å². The molecule has 0 radical (unpaired) electrons. The number of halogens is 1. The molecule has 1 heterocycles. The Morgan fingerprint density at radius 2 is 2.16 bits per heavy atom. The van der Waals surface area contributed by atoms with Crippen LogP contribution in [0, 0.1) is 0 Å². The lowest BCUT2D eigenvalue weighted by atomic mass is 10.0. The van der Waals surface area contributed by atoms with Crippen LogP contribution >= 0.6 is 15.9 Å². The van der Waals surface area contributed by atoms with Gasteiger partial charge >= 0.3 is 0 Å². The van der Waals surface area contributed by atoms with Crippen molar-refractivity contribution in [2.45, 2.75) is 12.6 Å². The van der Waals surface area contributed by atoms with Crippen molar-refractivity contribution < 1.29 is 4.74 Å². The van der Waals surface area contributed by atoms with Crippen LogP contribution in [0.1, 0.15) is 17.3 Å². The second-order valence-electron chi connectivity index (χ2n) is 4.10. The number of nitrogens with zero attached hydrogens (tertiary/aromatic N) is 2. The molecule has 3 N–H and O–H groups in total. The molecule has 0 spiro atoms. The van der Waals surface area contributed by atoms with E-state index in [4.69, 9.17) is 10.6 Å². The second kappa shape index (κ2) is 6.81. The molecular weight excluding hydrogens is 308 g/mol. The number of hydrogen-bond donors (Lipinski definition) is 2. The van der Waals surface area contributed by atoms with Crippen LogP contribution in [-0.4, -0.2) is 23.5 Å². The lowest BCUT2D eigenvalue weighted by molar-refractivity contribution is 0.182. The molecule has 0 aliphatic rings. The van der Waals surface area contributed by atoms with Crippen molar-refractivity contribution in [3.63, 3.8) is 0 Å². The Labute approximate surface area is 120 Å². The monoisotopic (exact) mass is 324 g/mol. The Morgan fingerprint density at radius 3 is 2.79 bits per heavy atom. The fourth-order valence-electron chi connectivity index (χ4n) is 1.99. The fraction of sp³-hybridized carbons (Fsp3) is 0.308. The molecule has 0 aliphatic heterocycles. The number of ether oxygens (including phenoxy) is 1. The number of rotatable bonds is 6. The predicted molar refractivity (Wildman–Crippen MR) is 77.4 cm³/mol. The molecule has 1 aromatic heterocycles. The van der Waals surface area contributed by atoms with Gasteiger partial charge in [-0.1, -0.05) is 30.3 Å². The third kappa shape index (κ3) is 3.22. The molecule has 1 unspecified atom stereocenters. The number of benzene rings is 1. The Balaban J connectivity index is 2.35. The first-order valence-corrected chi connectivity index (χ1v) is 6.78. The van der Waals surface area contributed by atoms with Gasteiger partial charge in [0.15, 0.2) is 0 Å². The van der Waals surface area contributed by atoms with Gasteiger partial charge in [-0.2, -0.15) is 5.10 Å². The zero-order valence-electron chi connectivity index (χ0n) is 10.7. The molecule has 0 bridgehead atoms. The standard InChI is InChI=1S/C13H17BrN4O/c1-19-8-7-18-13(11(14)9-16-18)12(17-15)10-5-3-2-4-6-10/h2-6,9,12,17H,7-8,15H2,1H3. The van der Waals surface area contributed by atoms with Crippen molar-refractivity contribution in [2.24, 2.45) is 5.84 Å². The summed E-state index contributed by atoms with van der Waals surface area (Å²) in [5, 5.41) is 4.34. The van der Waals surface area contributed by atoms with Gasteiger partial charge in [-0.05, 0) is 21.5 Å². The second-order valence-corrected chi connectivity index (χ2v) is 4.96. The number of aromatic nitrogens is 2. The van der Waals surface area contributed by atoms with Crippen LogP contribution in [0.15, 0.2) is 41.0 Å². The summed E-state index contributed by atoms with van der Waals surface area (Å²) in [6, 6.07) is 9.91. The minimum Gasteiger partial charge on any atom is -0.383 e. The van der Waals surface area contributed by atoms with Gasteiger partial charge in [-0.25, -0.2) is 5.43 Å². The van der Waals surface area contributed by atoms with E-state index in [2.05, 4.69) is 26.5 Å². The zero-order chi connectivity index (χ0) is 13.7. The normalized spacial score (nSPS) is 12.6. The van der Waals surface area contributed by atoms with Gasteiger partial charge in [0, 0.05) is 7.11 Å². The van der Waals surface area contributed by atoms with E-state index < -0.39 is 0 Å². The minimum atomic E-state index is -0.116. The molecule has 102 valence electrons. The molecule has 0 aliphatic carbocycles. The molecule has 1 aromatic carbocycles. The summed E-state index contributed by atoms with van der Waals surface area (Å²) in [6.07, 6.45) is 1.78. The maximum Gasteiger partial charge on any atom is 0.0889 e.